The Hall–Kier alpha value is -1.75. The zero-order valence-corrected chi connectivity index (χ0v) is 12.0. The van der Waals surface area contributed by atoms with E-state index in [2.05, 4.69) is 10.6 Å². The Morgan fingerprint density at radius 1 is 1.42 bits per heavy atom. The van der Waals surface area contributed by atoms with Gasteiger partial charge in [0.15, 0.2) is 0 Å². The second-order valence-corrected chi connectivity index (χ2v) is 5.00. The van der Waals surface area contributed by atoms with Crippen LogP contribution in [0.25, 0.3) is 0 Å². The van der Waals surface area contributed by atoms with E-state index in [0.29, 0.717) is 17.1 Å². The van der Waals surface area contributed by atoms with Gasteiger partial charge >= 0.3 is 6.03 Å². The van der Waals surface area contributed by atoms with Gasteiger partial charge in [0.05, 0.1) is 0 Å². The van der Waals surface area contributed by atoms with Crippen LogP contribution >= 0.6 is 11.6 Å². The maximum absolute atomic E-state index is 11.8. The van der Waals surface area contributed by atoms with Gasteiger partial charge in [0.25, 0.3) is 0 Å². The van der Waals surface area contributed by atoms with E-state index in [4.69, 9.17) is 17.3 Å². The predicted molar refractivity (Wildman–Crippen MR) is 76.2 cm³/mol. The molecular weight excluding hydrogens is 266 g/mol. The summed E-state index contributed by atoms with van der Waals surface area (Å²) in [5.74, 6) is -0.577. The Balaban J connectivity index is 2.75. The van der Waals surface area contributed by atoms with Crippen molar-refractivity contribution in [2.45, 2.75) is 32.7 Å². The second kappa shape index (κ2) is 5.93. The molecule has 4 N–H and O–H groups in total. The SMILES string of the molecule is CCC(C)(NC(=O)Nc1ccc(C)c(Cl)c1)C(N)=O. The van der Waals surface area contributed by atoms with E-state index < -0.39 is 17.5 Å². The summed E-state index contributed by atoms with van der Waals surface area (Å²) in [5, 5.41) is 5.73. The van der Waals surface area contributed by atoms with Crippen molar-refractivity contribution in [2.24, 2.45) is 5.73 Å². The fraction of sp³-hybridized carbons (Fsp3) is 0.385. The lowest BCUT2D eigenvalue weighted by Crippen LogP contribution is -2.56. The summed E-state index contributed by atoms with van der Waals surface area (Å²) in [5.41, 5.74) is 5.67. The number of nitrogens with two attached hydrogens (primary N) is 1. The van der Waals surface area contributed by atoms with Gasteiger partial charge in [-0.3, -0.25) is 4.79 Å². The molecule has 0 saturated carbocycles. The molecule has 5 nitrogen and oxygen atoms in total. The van der Waals surface area contributed by atoms with Crippen LogP contribution in [0.1, 0.15) is 25.8 Å². The predicted octanol–water partition coefficient (Wildman–Crippen LogP) is 2.42. The molecule has 0 fully saturated rings. The number of rotatable bonds is 4. The van der Waals surface area contributed by atoms with Gasteiger partial charge in [-0.1, -0.05) is 24.6 Å². The van der Waals surface area contributed by atoms with Crippen LogP contribution in [0.2, 0.25) is 5.02 Å². The number of benzene rings is 1. The molecule has 0 aromatic heterocycles. The average molecular weight is 284 g/mol. The molecule has 0 radical (unpaired) electrons. The van der Waals surface area contributed by atoms with Gasteiger partial charge in [0, 0.05) is 10.7 Å². The van der Waals surface area contributed by atoms with Crippen molar-refractivity contribution in [3.8, 4) is 0 Å². The number of primary amides is 1. The molecule has 0 aliphatic carbocycles. The fourth-order valence-corrected chi connectivity index (χ4v) is 1.59. The molecule has 1 unspecified atom stereocenters. The molecule has 1 aromatic carbocycles. The summed E-state index contributed by atoms with van der Waals surface area (Å²) in [6.07, 6.45) is 0.407. The fourth-order valence-electron chi connectivity index (χ4n) is 1.41. The summed E-state index contributed by atoms with van der Waals surface area (Å²) in [4.78, 5) is 23.1. The number of nitrogens with one attached hydrogen (secondary N) is 2. The minimum Gasteiger partial charge on any atom is -0.368 e. The van der Waals surface area contributed by atoms with Gasteiger partial charge < -0.3 is 16.4 Å². The molecule has 0 aliphatic heterocycles. The quantitative estimate of drug-likeness (QED) is 0.793. The Bertz CT molecular complexity index is 505. The number of carbonyl (C=O) groups is 2. The van der Waals surface area contributed by atoms with Crippen molar-refractivity contribution in [1.29, 1.82) is 0 Å². The highest BCUT2D eigenvalue weighted by Gasteiger charge is 2.30. The molecular formula is C13H18ClN3O2. The van der Waals surface area contributed by atoms with Crippen molar-refractivity contribution >= 4 is 29.2 Å². The van der Waals surface area contributed by atoms with Crippen LogP contribution < -0.4 is 16.4 Å². The topological polar surface area (TPSA) is 84.2 Å². The van der Waals surface area contributed by atoms with Crippen LogP contribution in [0.5, 0.6) is 0 Å². The van der Waals surface area contributed by atoms with E-state index in [0.717, 1.165) is 5.56 Å². The Labute approximate surface area is 117 Å². The third kappa shape index (κ3) is 3.86. The first kappa shape index (κ1) is 15.3. The van der Waals surface area contributed by atoms with Gasteiger partial charge in [-0.25, -0.2) is 4.79 Å². The highest BCUT2D eigenvalue weighted by molar-refractivity contribution is 6.31. The van der Waals surface area contributed by atoms with Crippen molar-refractivity contribution < 1.29 is 9.59 Å². The number of hydrogen-bond acceptors (Lipinski definition) is 2. The molecule has 104 valence electrons. The maximum Gasteiger partial charge on any atom is 0.320 e. The summed E-state index contributed by atoms with van der Waals surface area (Å²) < 4.78 is 0. The van der Waals surface area contributed by atoms with Gasteiger partial charge in [-0.2, -0.15) is 0 Å². The van der Waals surface area contributed by atoms with E-state index in [1.807, 2.05) is 6.92 Å². The smallest absolute Gasteiger partial charge is 0.320 e. The van der Waals surface area contributed by atoms with E-state index in [9.17, 15) is 9.59 Å². The highest BCUT2D eigenvalue weighted by atomic mass is 35.5. The lowest BCUT2D eigenvalue weighted by Gasteiger charge is -2.25. The first-order chi connectivity index (χ1) is 8.78. The molecule has 1 atom stereocenters. The third-order valence-electron chi connectivity index (χ3n) is 3.07. The first-order valence-corrected chi connectivity index (χ1v) is 6.31. The Morgan fingerprint density at radius 2 is 2.05 bits per heavy atom. The third-order valence-corrected chi connectivity index (χ3v) is 3.48. The first-order valence-electron chi connectivity index (χ1n) is 5.93. The largest absolute Gasteiger partial charge is 0.368 e. The summed E-state index contributed by atoms with van der Waals surface area (Å²) >= 11 is 5.96. The average Bonchev–Trinajstić information content (AvgIpc) is 2.33. The van der Waals surface area contributed by atoms with Crippen molar-refractivity contribution in [3.05, 3.63) is 28.8 Å². The van der Waals surface area contributed by atoms with Crippen LogP contribution in [0.3, 0.4) is 0 Å². The number of hydrogen-bond donors (Lipinski definition) is 3. The van der Waals surface area contributed by atoms with Crippen LogP contribution in [0.15, 0.2) is 18.2 Å². The number of halogens is 1. The van der Waals surface area contributed by atoms with Crippen LogP contribution in [0.4, 0.5) is 10.5 Å². The van der Waals surface area contributed by atoms with Crippen molar-refractivity contribution in [2.75, 3.05) is 5.32 Å². The Morgan fingerprint density at radius 3 is 2.53 bits per heavy atom. The van der Waals surface area contributed by atoms with Gasteiger partial charge in [-0.05, 0) is 38.0 Å². The Kier molecular flexibility index (Phi) is 4.78. The van der Waals surface area contributed by atoms with E-state index in [1.54, 1.807) is 32.0 Å². The number of anilines is 1. The second-order valence-electron chi connectivity index (χ2n) is 4.59. The number of carbonyl (C=O) groups excluding carboxylic acids is 2. The van der Waals surface area contributed by atoms with Gasteiger partial charge in [0.2, 0.25) is 5.91 Å². The van der Waals surface area contributed by atoms with E-state index in [1.165, 1.54) is 0 Å². The maximum atomic E-state index is 11.8. The summed E-state index contributed by atoms with van der Waals surface area (Å²) in [6.45, 7) is 5.22. The molecule has 3 amide bonds. The molecule has 0 saturated heterocycles. The van der Waals surface area contributed by atoms with Crippen LogP contribution in [0, 0.1) is 6.92 Å². The molecule has 6 heteroatoms. The van der Waals surface area contributed by atoms with E-state index >= 15 is 0 Å². The number of amides is 3. The van der Waals surface area contributed by atoms with Crippen LogP contribution in [-0.4, -0.2) is 17.5 Å². The number of urea groups is 1. The normalized spacial score (nSPS) is 13.5. The van der Waals surface area contributed by atoms with Gasteiger partial charge in [-0.15, -0.1) is 0 Å². The van der Waals surface area contributed by atoms with Crippen molar-refractivity contribution in [1.82, 2.24) is 5.32 Å². The van der Waals surface area contributed by atoms with Gasteiger partial charge in [0.1, 0.15) is 5.54 Å². The van der Waals surface area contributed by atoms with Crippen molar-refractivity contribution in [3.63, 3.8) is 0 Å². The minimum absolute atomic E-state index is 0.407. The monoisotopic (exact) mass is 283 g/mol. The molecule has 1 aromatic rings. The van der Waals surface area contributed by atoms with Crippen LogP contribution in [-0.2, 0) is 4.79 Å². The zero-order chi connectivity index (χ0) is 14.6. The highest BCUT2D eigenvalue weighted by Crippen LogP contribution is 2.20. The molecule has 0 bridgehead atoms. The minimum atomic E-state index is -1.07. The lowest BCUT2D eigenvalue weighted by atomic mass is 9.98. The summed E-state index contributed by atoms with van der Waals surface area (Å²) in [6, 6.07) is 4.67. The lowest BCUT2D eigenvalue weighted by molar-refractivity contribution is -0.123. The van der Waals surface area contributed by atoms with E-state index in [-0.39, 0.29) is 0 Å². The molecule has 1 rings (SSSR count). The summed E-state index contributed by atoms with van der Waals surface area (Å²) in [7, 11) is 0. The zero-order valence-electron chi connectivity index (χ0n) is 11.2. The molecule has 0 spiro atoms. The molecule has 19 heavy (non-hydrogen) atoms. The standard InChI is InChI=1S/C13H18ClN3O2/c1-4-13(3,11(15)18)17-12(19)16-9-6-5-8(2)10(14)7-9/h5-7H,4H2,1-3H3,(H2,15,18)(H2,16,17,19). The number of aryl methyl sites for hydroxylation is 1. The molecule has 0 heterocycles. The molecule has 0 aliphatic rings.